The zero-order valence-electron chi connectivity index (χ0n) is 12.8. The Morgan fingerprint density at radius 2 is 2.10 bits per heavy atom. The van der Waals surface area contributed by atoms with Crippen LogP contribution < -0.4 is 10.1 Å². The zero-order valence-corrected chi connectivity index (χ0v) is 14.4. The molecule has 1 aliphatic carbocycles. The number of pyridine rings is 1. The van der Waals surface area contributed by atoms with Crippen molar-refractivity contribution >= 4 is 22.0 Å². The molecule has 4 heteroatoms. The third-order valence-corrected chi connectivity index (χ3v) is 4.76. The zero-order chi connectivity index (χ0) is 14.9. The molecule has 0 radical (unpaired) electrons. The molecule has 0 bridgehead atoms. The third-order valence-electron chi connectivity index (χ3n) is 4.22. The minimum atomic E-state index is -0.265. The number of halogens is 1. The highest BCUT2D eigenvalue weighted by Gasteiger charge is 2.24. The van der Waals surface area contributed by atoms with Crippen LogP contribution in [0.5, 0.6) is 5.75 Å². The molecule has 1 saturated carbocycles. The first-order chi connectivity index (χ1) is 10.0. The first-order valence-electron chi connectivity index (χ1n) is 7.84. The number of aromatic nitrogens is 1. The Kier molecular flexibility index (Phi) is 4.36. The van der Waals surface area contributed by atoms with E-state index in [2.05, 4.69) is 58.3 Å². The minimum absolute atomic E-state index is 0.265. The van der Waals surface area contributed by atoms with E-state index in [1.54, 1.807) is 0 Å². The van der Waals surface area contributed by atoms with Gasteiger partial charge in [-0.15, -0.1) is 0 Å². The van der Waals surface area contributed by atoms with Gasteiger partial charge in [-0.2, -0.15) is 0 Å². The maximum absolute atomic E-state index is 5.98. The molecule has 1 aromatic rings. The summed E-state index contributed by atoms with van der Waals surface area (Å²) in [6, 6.07) is 2.78. The lowest BCUT2D eigenvalue weighted by molar-refractivity contribution is 0.157. The van der Waals surface area contributed by atoms with Gasteiger partial charge in [0.25, 0.3) is 0 Å². The summed E-state index contributed by atoms with van der Waals surface area (Å²) in [5, 5.41) is 3.64. The van der Waals surface area contributed by atoms with Gasteiger partial charge in [-0.25, -0.2) is 4.98 Å². The summed E-state index contributed by atoms with van der Waals surface area (Å²) in [6.45, 7) is 4.93. The number of hydrogen-bond acceptors (Lipinski definition) is 3. The fraction of sp³-hybridized carbons (Fsp3) is 0.588. The third kappa shape index (κ3) is 3.67. The van der Waals surface area contributed by atoms with Gasteiger partial charge >= 0.3 is 0 Å². The average molecular weight is 351 g/mol. The Morgan fingerprint density at radius 3 is 2.86 bits per heavy atom. The molecule has 114 valence electrons. The van der Waals surface area contributed by atoms with E-state index in [9.17, 15) is 0 Å². The molecular formula is C17H23BrN2O. The summed E-state index contributed by atoms with van der Waals surface area (Å²) in [5.41, 5.74) is 1.91. The van der Waals surface area contributed by atoms with Crippen molar-refractivity contribution in [3.63, 3.8) is 0 Å². The van der Waals surface area contributed by atoms with Crippen molar-refractivity contribution < 1.29 is 4.74 Å². The van der Waals surface area contributed by atoms with Gasteiger partial charge in [0, 0.05) is 18.2 Å². The fourth-order valence-corrected chi connectivity index (χ4v) is 3.57. The molecule has 0 aromatic carbocycles. The summed E-state index contributed by atoms with van der Waals surface area (Å²) >= 11 is 3.55. The Labute approximate surface area is 135 Å². The molecule has 0 spiro atoms. The normalized spacial score (nSPS) is 20.9. The first kappa shape index (κ1) is 15.0. The van der Waals surface area contributed by atoms with Gasteiger partial charge in [-0.3, -0.25) is 0 Å². The molecule has 2 aliphatic rings. The van der Waals surface area contributed by atoms with Crippen molar-refractivity contribution in [3.8, 4) is 5.75 Å². The second kappa shape index (κ2) is 6.09. The molecule has 1 N–H and O–H groups in total. The van der Waals surface area contributed by atoms with Crippen molar-refractivity contribution in [2.24, 2.45) is 0 Å². The van der Waals surface area contributed by atoms with E-state index in [0.29, 0.717) is 6.04 Å². The largest absolute Gasteiger partial charge is 0.480 e. The van der Waals surface area contributed by atoms with Crippen molar-refractivity contribution in [2.45, 2.75) is 64.1 Å². The van der Waals surface area contributed by atoms with Crippen molar-refractivity contribution in [3.05, 3.63) is 28.0 Å². The summed E-state index contributed by atoms with van der Waals surface area (Å²) in [7, 11) is 0. The highest BCUT2D eigenvalue weighted by molar-refractivity contribution is 9.10. The van der Waals surface area contributed by atoms with E-state index in [0.717, 1.165) is 28.2 Å². The maximum atomic E-state index is 5.98. The van der Waals surface area contributed by atoms with Gasteiger partial charge in [0.1, 0.15) is 10.2 Å². The predicted octanol–water partition coefficient (Wildman–Crippen LogP) is 4.45. The molecule has 3 rings (SSSR count). The standard InChI is InChI=1S/C17H23BrN2O/c1-17(2)9-8-12-10-14(20-16(18)15(12)21-17)11-19-13-6-4-3-5-7-13/h8-10,13,19H,3-7,11H2,1-2H3. The van der Waals surface area contributed by atoms with Gasteiger partial charge in [0.05, 0.1) is 5.69 Å². The van der Waals surface area contributed by atoms with E-state index < -0.39 is 0 Å². The van der Waals surface area contributed by atoms with Crippen molar-refractivity contribution in [2.75, 3.05) is 0 Å². The highest BCUT2D eigenvalue weighted by Crippen LogP contribution is 2.36. The Bertz CT molecular complexity index is 548. The summed E-state index contributed by atoms with van der Waals surface area (Å²) in [6.07, 6.45) is 10.9. The predicted molar refractivity (Wildman–Crippen MR) is 89.4 cm³/mol. The van der Waals surface area contributed by atoms with Gasteiger partial charge < -0.3 is 10.1 Å². The summed E-state index contributed by atoms with van der Waals surface area (Å²) < 4.78 is 6.79. The molecule has 3 nitrogen and oxygen atoms in total. The lowest BCUT2D eigenvalue weighted by Crippen LogP contribution is -2.31. The van der Waals surface area contributed by atoms with E-state index in [4.69, 9.17) is 4.74 Å². The summed E-state index contributed by atoms with van der Waals surface area (Å²) in [4.78, 5) is 4.63. The van der Waals surface area contributed by atoms with Crippen LogP contribution >= 0.6 is 15.9 Å². The van der Waals surface area contributed by atoms with Crippen LogP contribution in [0.1, 0.15) is 57.2 Å². The molecule has 0 saturated heterocycles. The molecule has 21 heavy (non-hydrogen) atoms. The van der Waals surface area contributed by atoms with Crippen molar-refractivity contribution in [1.29, 1.82) is 0 Å². The smallest absolute Gasteiger partial charge is 0.160 e. The SMILES string of the molecule is CC1(C)C=Cc2cc(CNC3CCCCC3)nc(Br)c2O1. The number of fused-ring (bicyclic) bond motifs is 1. The quantitative estimate of drug-likeness (QED) is 0.817. The topological polar surface area (TPSA) is 34.2 Å². The van der Waals surface area contributed by atoms with E-state index in [1.807, 2.05) is 0 Å². The molecule has 1 aliphatic heterocycles. The van der Waals surface area contributed by atoms with Crippen LogP contribution in [0.2, 0.25) is 0 Å². The lowest BCUT2D eigenvalue weighted by Gasteiger charge is -2.28. The number of hydrogen-bond donors (Lipinski definition) is 1. The van der Waals surface area contributed by atoms with Crippen LogP contribution in [-0.2, 0) is 6.54 Å². The second-order valence-electron chi connectivity index (χ2n) is 6.58. The van der Waals surface area contributed by atoms with Crippen LogP contribution in [0.3, 0.4) is 0 Å². The highest BCUT2D eigenvalue weighted by atomic mass is 79.9. The van der Waals surface area contributed by atoms with Crippen LogP contribution in [-0.4, -0.2) is 16.6 Å². The second-order valence-corrected chi connectivity index (χ2v) is 7.33. The molecule has 1 fully saturated rings. The van der Waals surface area contributed by atoms with E-state index in [1.165, 1.54) is 32.1 Å². The Hall–Kier alpha value is -0.870. The van der Waals surface area contributed by atoms with E-state index >= 15 is 0 Å². The number of ether oxygens (including phenoxy) is 1. The molecule has 1 aromatic heterocycles. The van der Waals surface area contributed by atoms with E-state index in [-0.39, 0.29) is 5.60 Å². The Morgan fingerprint density at radius 1 is 1.33 bits per heavy atom. The van der Waals surface area contributed by atoms with Gasteiger partial charge in [0.15, 0.2) is 5.75 Å². The van der Waals surface area contributed by atoms with Crippen molar-refractivity contribution in [1.82, 2.24) is 10.3 Å². The van der Waals surface area contributed by atoms with Gasteiger partial charge in [0.2, 0.25) is 0 Å². The van der Waals surface area contributed by atoms with Gasteiger partial charge in [-0.1, -0.05) is 25.3 Å². The number of nitrogens with one attached hydrogen (secondary N) is 1. The van der Waals surface area contributed by atoms with Crippen LogP contribution in [0.15, 0.2) is 16.7 Å². The fourth-order valence-electron chi connectivity index (χ4n) is 3.03. The molecule has 0 unspecified atom stereocenters. The number of rotatable bonds is 3. The average Bonchev–Trinajstić information content (AvgIpc) is 2.47. The van der Waals surface area contributed by atoms with Gasteiger partial charge in [-0.05, 0) is 54.8 Å². The number of nitrogens with zero attached hydrogens (tertiary/aromatic N) is 1. The Balaban J connectivity index is 1.71. The minimum Gasteiger partial charge on any atom is -0.480 e. The van der Waals surface area contributed by atoms with Crippen LogP contribution in [0, 0.1) is 0 Å². The maximum Gasteiger partial charge on any atom is 0.160 e. The molecule has 0 atom stereocenters. The molecule has 0 amide bonds. The van der Waals surface area contributed by atoms with Crippen LogP contribution in [0.25, 0.3) is 6.08 Å². The van der Waals surface area contributed by atoms with Crippen LogP contribution in [0.4, 0.5) is 0 Å². The summed E-state index contributed by atoms with van der Waals surface area (Å²) in [5.74, 6) is 0.851. The lowest BCUT2D eigenvalue weighted by atomic mass is 9.95. The monoisotopic (exact) mass is 350 g/mol. The molecule has 2 heterocycles. The molecular weight excluding hydrogens is 328 g/mol. The first-order valence-corrected chi connectivity index (χ1v) is 8.64.